The summed E-state index contributed by atoms with van der Waals surface area (Å²) in [7, 11) is 0. The van der Waals surface area contributed by atoms with Crippen molar-refractivity contribution in [1.29, 1.82) is 0 Å². The molecular weight excluding hydrogens is 484 g/mol. The van der Waals surface area contributed by atoms with E-state index in [9.17, 15) is 9.59 Å². The normalized spacial score (nSPS) is 10.8. The molecule has 9 heteroatoms. The first-order valence-electron chi connectivity index (χ1n) is 9.29. The highest BCUT2D eigenvalue weighted by Crippen LogP contribution is 2.23. The fraction of sp³-hybridized carbons (Fsp3) is 0.0909. The van der Waals surface area contributed by atoms with Crippen LogP contribution < -0.4 is 10.9 Å². The third kappa shape index (κ3) is 5.28. The van der Waals surface area contributed by atoms with Crippen molar-refractivity contribution in [3.05, 3.63) is 92.3 Å². The van der Waals surface area contributed by atoms with Gasteiger partial charge in [0.2, 0.25) is 11.7 Å². The summed E-state index contributed by atoms with van der Waals surface area (Å²) in [5.41, 5.74) is 1.94. The Bertz CT molecular complexity index is 1270. The molecule has 0 saturated carbocycles. The van der Waals surface area contributed by atoms with Crippen LogP contribution in [0.4, 0.5) is 0 Å². The zero-order chi connectivity index (χ0) is 21.8. The Morgan fingerprint density at radius 3 is 2.48 bits per heavy atom. The number of amides is 1. The molecule has 0 fully saturated rings. The molecule has 1 N–H and O–H groups in total. The van der Waals surface area contributed by atoms with Gasteiger partial charge < -0.3 is 14.4 Å². The molecule has 31 heavy (non-hydrogen) atoms. The average molecular weight is 500 g/mol. The van der Waals surface area contributed by atoms with E-state index in [1.165, 1.54) is 16.8 Å². The zero-order valence-corrected chi connectivity index (χ0v) is 18.4. The minimum Gasteiger partial charge on any atom is -0.350 e. The van der Waals surface area contributed by atoms with E-state index >= 15 is 0 Å². The maximum Gasteiger partial charge on any atom is 0.259 e. The molecule has 0 saturated heterocycles. The number of carbonyl (C=O) groups is 1. The van der Waals surface area contributed by atoms with Crippen LogP contribution in [0.1, 0.15) is 5.56 Å². The van der Waals surface area contributed by atoms with Crippen LogP contribution in [-0.4, -0.2) is 20.6 Å². The van der Waals surface area contributed by atoms with Gasteiger partial charge >= 0.3 is 0 Å². The molecule has 0 unspecified atom stereocenters. The van der Waals surface area contributed by atoms with Gasteiger partial charge in [0.15, 0.2) is 0 Å². The maximum atomic E-state index is 12.3. The highest BCUT2D eigenvalue weighted by atomic mass is 79.9. The van der Waals surface area contributed by atoms with E-state index in [1.54, 1.807) is 18.2 Å². The van der Waals surface area contributed by atoms with Crippen molar-refractivity contribution < 1.29 is 9.32 Å². The fourth-order valence-electron chi connectivity index (χ4n) is 2.85. The largest absolute Gasteiger partial charge is 0.350 e. The first-order chi connectivity index (χ1) is 15.0. The van der Waals surface area contributed by atoms with Gasteiger partial charge in [0, 0.05) is 33.9 Å². The fourth-order valence-corrected chi connectivity index (χ4v) is 3.24. The Morgan fingerprint density at radius 2 is 1.74 bits per heavy atom. The number of hydrogen-bond acceptors (Lipinski definition) is 5. The lowest BCUT2D eigenvalue weighted by atomic mass is 10.2. The van der Waals surface area contributed by atoms with Crippen molar-refractivity contribution in [3.8, 4) is 22.8 Å². The van der Waals surface area contributed by atoms with Gasteiger partial charge in [0.05, 0.1) is 5.56 Å². The molecule has 7 nitrogen and oxygen atoms in total. The Balaban J connectivity index is 1.47. The Labute approximate surface area is 190 Å². The third-order valence-corrected chi connectivity index (χ3v) is 5.26. The predicted octanol–water partition coefficient (Wildman–Crippen LogP) is 4.30. The van der Waals surface area contributed by atoms with Crippen LogP contribution in [0.2, 0.25) is 5.02 Å². The topological polar surface area (TPSA) is 90.0 Å². The summed E-state index contributed by atoms with van der Waals surface area (Å²) >= 11 is 9.25. The lowest BCUT2D eigenvalue weighted by Gasteiger charge is -2.08. The second-order valence-electron chi connectivity index (χ2n) is 6.72. The molecule has 0 aliphatic rings. The number of nitrogens with zero attached hydrogens (tertiary/aromatic N) is 3. The number of nitrogens with one attached hydrogen (secondary N) is 1. The van der Waals surface area contributed by atoms with Gasteiger partial charge in [-0.3, -0.25) is 9.59 Å². The summed E-state index contributed by atoms with van der Waals surface area (Å²) in [6.07, 6.45) is 1.53. The highest BCUT2D eigenvalue weighted by Gasteiger charge is 2.13. The Hall–Kier alpha value is -3.23. The van der Waals surface area contributed by atoms with E-state index in [4.69, 9.17) is 16.1 Å². The van der Waals surface area contributed by atoms with Crippen molar-refractivity contribution in [2.24, 2.45) is 0 Å². The second-order valence-corrected chi connectivity index (χ2v) is 8.07. The van der Waals surface area contributed by atoms with Crippen molar-refractivity contribution in [2.75, 3.05) is 0 Å². The Kier molecular flexibility index (Phi) is 6.29. The van der Waals surface area contributed by atoms with Crippen molar-refractivity contribution in [1.82, 2.24) is 20.0 Å². The predicted molar refractivity (Wildman–Crippen MR) is 120 cm³/mol. The molecule has 156 valence electrons. The first kappa shape index (κ1) is 21.0. The third-order valence-electron chi connectivity index (χ3n) is 4.48. The number of rotatable bonds is 6. The molecule has 0 aliphatic carbocycles. The molecule has 0 atom stereocenters. The van der Waals surface area contributed by atoms with Gasteiger partial charge in [-0.15, -0.1) is 0 Å². The summed E-state index contributed by atoms with van der Waals surface area (Å²) < 4.78 is 7.60. The second kappa shape index (κ2) is 9.28. The van der Waals surface area contributed by atoms with E-state index in [0.717, 1.165) is 15.6 Å². The summed E-state index contributed by atoms with van der Waals surface area (Å²) in [4.78, 5) is 28.9. The molecule has 4 aromatic rings. The minimum atomic E-state index is -0.307. The molecule has 0 bridgehead atoms. The van der Waals surface area contributed by atoms with Crippen LogP contribution >= 0.6 is 27.5 Å². The molecule has 2 aromatic heterocycles. The van der Waals surface area contributed by atoms with Crippen molar-refractivity contribution in [3.63, 3.8) is 0 Å². The van der Waals surface area contributed by atoms with Crippen LogP contribution in [0.15, 0.2) is 80.7 Å². The van der Waals surface area contributed by atoms with Gasteiger partial charge in [0.25, 0.3) is 11.4 Å². The van der Waals surface area contributed by atoms with Gasteiger partial charge in [-0.25, -0.2) is 0 Å². The SMILES string of the molecule is O=C(Cn1cc(-c2nc(-c3ccc(Br)cc3)no2)ccc1=O)NCc1ccc(Cl)cc1. The van der Waals surface area contributed by atoms with Crippen LogP contribution in [0.25, 0.3) is 22.8 Å². The molecular formula is C22H16BrClN4O3. The standard InChI is InChI=1S/C22H16BrClN4O3/c23-17-6-3-15(4-7-17)21-26-22(31-27-21)16-5-10-20(30)28(12-16)13-19(29)25-11-14-1-8-18(24)9-2-14/h1-10,12H,11,13H2,(H,25,29). The molecule has 1 amide bonds. The number of carbonyl (C=O) groups excluding carboxylic acids is 1. The van der Waals surface area contributed by atoms with Crippen LogP contribution in [0.3, 0.4) is 0 Å². The monoisotopic (exact) mass is 498 g/mol. The summed E-state index contributed by atoms with van der Waals surface area (Å²) in [6, 6.07) is 17.6. The average Bonchev–Trinajstić information content (AvgIpc) is 3.26. The van der Waals surface area contributed by atoms with Crippen molar-refractivity contribution in [2.45, 2.75) is 13.1 Å². The molecule has 0 aliphatic heterocycles. The molecule has 0 spiro atoms. The van der Waals surface area contributed by atoms with Gasteiger partial charge in [-0.05, 0) is 48.0 Å². The number of halogens is 2. The van der Waals surface area contributed by atoms with Gasteiger partial charge in [-0.2, -0.15) is 4.98 Å². The van der Waals surface area contributed by atoms with E-state index in [2.05, 4.69) is 31.4 Å². The first-order valence-corrected chi connectivity index (χ1v) is 10.5. The molecule has 2 aromatic carbocycles. The number of pyridine rings is 1. The molecule has 4 rings (SSSR count). The summed E-state index contributed by atoms with van der Waals surface area (Å²) in [5.74, 6) is 0.393. The van der Waals surface area contributed by atoms with Crippen LogP contribution in [0, 0.1) is 0 Å². The highest BCUT2D eigenvalue weighted by molar-refractivity contribution is 9.10. The lowest BCUT2D eigenvalue weighted by Crippen LogP contribution is -2.31. The quantitative estimate of drug-likeness (QED) is 0.427. The number of aromatic nitrogens is 3. The van der Waals surface area contributed by atoms with Crippen LogP contribution in [-0.2, 0) is 17.9 Å². The van der Waals surface area contributed by atoms with E-state index in [1.807, 2.05) is 36.4 Å². The lowest BCUT2D eigenvalue weighted by molar-refractivity contribution is -0.121. The summed E-state index contributed by atoms with van der Waals surface area (Å²) in [5, 5.41) is 7.41. The number of benzene rings is 2. The van der Waals surface area contributed by atoms with Crippen LogP contribution in [0.5, 0.6) is 0 Å². The molecule has 0 radical (unpaired) electrons. The zero-order valence-electron chi connectivity index (χ0n) is 16.1. The minimum absolute atomic E-state index is 0.131. The smallest absolute Gasteiger partial charge is 0.259 e. The van der Waals surface area contributed by atoms with E-state index < -0.39 is 0 Å². The maximum absolute atomic E-state index is 12.3. The van der Waals surface area contributed by atoms with E-state index in [0.29, 0.717) is 23.0 Å². The summed E-state index contributed by atoms with van der Waals surface area (Å²) in [6.45, 7) is 0.207. The van der Waals surface area contributed by atoms with Crippen molar-refractivity contribution >= 4 is 33.4 Å². The molecule has 2 heterocycles. The van der Waals surface area contributed by atoms with Gasteiger partial charge in [-0.1, -0.05) is 44.8 Å². The number of hydrogen-bond donors (Lipinski definition) is 1. The van der Waals surface area contributed by atoms with E-state index in [-0.39, 0.29) is 23.9 Å². The Morgan fingerprint density at radius 1 is 1.03 bits per heavy atom. The van der Waals surface area contributed by atoms with Gasteiger partial charge in [0.1, 0.15) is 6.54 Å².